The molecule has 1 amide bonds. The van der Waals surface area contributed by atoms with Gasteiger partial charge in [0.2, 0.25) is 10.0 Å². The van der Waals surface area contributed by atoms with Crippen molar-refractivity contribution in [3.05, 3.63) is 48.0 Å². The largest absolute Gasteiger partial charge is 0.490 e. The van der Waals surface area contributed by atoms with Crippen LogP contribution in [-0.4, -0.2) is 82.6 Å². The van der Waals surface area contributed by atoms with Crippen molar-refractivity contribution < 1.29 is 37.0 Å². The monoisotopic (exact) mass is 490 g/mol. The molecule has 4 rings (SSSR count). The molecule has 2 heterocycles. The van der Waals surface area contributed by atoms with Gasteiger partial charge in [0, 0.05) is 38.7 Å². The number of hydrogen-bond acceptors (Lipinski definition) is 8. The second-order valence-electron chi connectivity index (χ2n) is 7.75. The first-order valence-corrected chi connectivity index (χ1v) is 12.3. The number of esters is 1. The number of methoxy groups -OCH3 is 1. The summed E-state index contributed by atoms with van der Waals surface area (Å²) in [5, 5.41) is 0. The van der Waals surface area contributed by atoms with Gasteiger partial charge in [0.15, 0.2) is 18.1 Å². The number of carbonyl (C=O) groups is 2. The van der Waals surface area contributed by atoms with E-state index in [2.05, 4.69) is 4.74 Å². The van der Waals surface area contributed by atoms with E-state index in [-0.39, 0.29) is 43.6 Å². The summed E-state index contributed by atoms with van der Waals surface area (Å²) in [6.07, 6.45) is 0.731. The van der Waals surface area contributed by atoms with Gasteiger partial charge in [-0.05, 0) is 36.4 Å². The predicted octanol–water partition coefficient (Wildman–Crippen LogP) is 1.55. The van der Waals surface area contributed by atoms with Gasteiger partial charge in [0.1, 0.15) is 5.75 Å². The Bertz CT molecular complexity index is 1140. The van der Waals surface area contributed by atoms with Crippen LogP contribution in [0.5, 0.6) is 17.2 Å². The molecular formula is C23H26N2O8S. The van der Waals surface area contributed by atoms with Crippen LogP contribution in [0.1, 0.15) is 16.8 Å². The van der Waals surface area contributed by atoms with Crippen LogP contribution in [0.2, 0.25) is 0 Å². The average molecular weight is 491 g/mol. The van der Waals surface area contributed by atoms with Crippen molar-refractivity contribution >= 4 is 21.9 Å². The lowest BCUT2D eigenvalue weighted by Crippen LogP contribution is -2.51. The topological polar surface area (TPSA) is 112 Å². The van der Waals surface area contributed by atoms with Crippen molar-refractivity contribution in [3.8, 4) is 17.2 Å². The van der Waals surface area contributed by atoms with Crippen LogP contribution in [-0.2, 0) is 19.6 Å². The summed E-state index contributed by atoms with van der Waals surface area (Å²) in [6.45, 7) is 1.67. The zero-order chi connectivity index (χ0) is 24.1. The van der Waals surface area contributed by atoms with E-state index in [0.717, 1.165) is 6.42 Å². The van der Waals surface area contributed by atoms with Crippen LogP contribution >= 0.6 is 0 Å². The van der Waals surface area contributed by atoms with Gasteiger partial charge in [-0.25, -0.2) is 13.2 Å². The summed E-state index contributed by atoms with van der Waals surface area (Å²) >= 11 is 0. The summed E-state index contributed by atoms with van der Waals surface area (Å²) in [7, 11) is -2.44. The molecule has 10 nitrogen and oxygen atoms in total. The minimum atomic E-state index is -3.73. The first-order valence-electron chi connectivity index (χ1n) is 10.9. The second-order valence-corrected chi connectivity index (χ2v) is 9.69. The van der Waals surface area contributed by atoms with Gasteiger partial charge < -0.3 is 23.8 Å². The summed E-state index contributed by atoms with van der Waals surface area (Å²) in [5.41, 5.74) is 0.382. The molecular weight excluding hydrogens is 464 g/mol. The molecule has 1 saturated heterocycles. The number of nitrogens with zero attached hydrogens (tertiary/aromatic N) is 2. The van der Waals surface area contributed by atoms with E-state index in [0.29, 0.717) is 36.0 Å². The molecule has 2 aliphatic heterocycles. The Morgan fingerprint density at radius 2 is 1.62 bits per heavy atom. The molecule has 0 aromatic heterocycles. The molecule has 0 spiro atoms. The average Bonchev–Trinajstić information content (AvgIpc) is 3.12. The van der Waals surface area contributed by atoms with E-state index in [4.69, 9.17) is 14.2 Å². The number of hydrogen-bond donors (Lipinski definition) is 0. The van der Waals surface area contributed by atoms with Crippen molar-refractivity contribution in [2.45, 2.75) is 11.3 Å². The molecule has 0 atom stereocenters. The highest BCUT2D eigenvalue weighted by Crippen LogP contribution is 2.33. The molecule has 11 heteroatoms. The summed E-state index contributed by atoms with van der Waals surface area (Å²) in [4.78, 5) is 25.7. The van der Waals surface area contributed by atoms with Crippen LogP contribution < -0.4 is 14.2 Å². The molecule has 0 N–H and O–H groups in total. The zero-order valence-electron chi connectivity index (χ0n) is 18.8. The Balaban J connectivity index is 1.31. The molecule has 0 bridgehead atoms. The molecule has 0 radical (unpaired) electrons. The Kier molecular flexibility index (Phi) is 7.23. The quantitative estimate of drug-likeness (QED) is 0.561. The maximum Gasteiger partial charge on any atom is 0.337 e. The predicted molar refractivity (Wildman–Crippen MR) is 121 cm³/mol. The van der Waals surface area contributed by atoms with Crippen LogP contribution in [0.3, 0.4) is 0 Å². The summed E-state index contributed by atoms with van der Waals surface area (Å²) in [6, 6.07) is 10.9. The Hall–Kier alpha value is -3.31. The summed E-state index contributed by atoms with van der Waals surface area (Å²) < 4.78 is 48.9. The number of amides is 1. The normalized spacial score (nSPS) is 16.4. The molecule has 0 saturated carbocycles. The van der Waals surface area contributed by atoms with Crippen molar-refractivity contribution in [3.63, 3.8) is 0 Å². The van der Waals surface area contributed by atoms with Crippen molar-refractivity contribution in [1.82, 2.24) is 9.21 Å². The van der Waals surface area contributed by atoms with E-state index in [1.807, 2.05) is 0 Å². The van der Waals surface area contributed by atoms with Gasteiger partial charge in [-0.2, -0.15) is 4.31 Å². The Labute approximate surface area is 198 Å². The van der Waals surface area contributed by atoms with E-state index < -0.39 is 16.0 Å². The SMILES string of the molecule is COC(=O)c1ccc(OCC(=O)N2CCN(S(=O)(=O)c3ccc4c(c3)OCCCO4)CC2)cc1. The first-order chi connectivity index (χ1) is 16.4. The number of sulfonamides is 1. The van der Waals surface area contributed by atoms with Gasteiger partial charge in [0.25, 0.3) is 5.91 Å². The van der Waals surface area contributed by atoms with Crippen LogP contribution in [0.4, 0.5) is 0 Å². The minimum absolute atomic E-state index is 0.135. The van der Waals surface area contributed by atoms with E-state index in [9.17, 15) is 18.0 Å². The van der Waals surface area contributed by atoms with E-state index >= 15 is 0 Å². The number of benzene rings is 2. The van der Waals surface area contributed by atoms with E-state index in [1.165, 1.54) is 23.5 Å². The fourth-order valence-electron chi connectivity index (χ4n) is 3.67. The fourth-order valence-corrected chi connectivity index (χ4v) is 5.11. The molecule has 2 aliphatic rings. The molecule has 0 aliphatic carbocycles. The molecule has 34 heavy (non-hydrogen) atoms. The molecule has 2 aromatic rings. The highest BCUT2D eigenvalue weighted by atomic mass is 32.2. The molecule has 0 unspecified atom stereocenters. The standard InChI is InChI=1S/C23H26N2O8S/c1-30-23(27)17-3-5-18(6-4-17)33-16-22(26)24-9-11-25(12-10-24)34(28,29)19-7-8-20-21(15-19)32-14-2-13-31-20/h3-8,15H,2,9-14,16H2,1H3. The van der Waals surface area contributed by atoms with E-state index in [1.54, 1.807) is 35.2 Å². The number of piperazine rings is 1. The Morgan fingerprint density at radius 1 is 0.941 bits per heavy atom. The Morgan fingerprint density at radius 3 is 2.29 bits per heavy atom. The third kappa shape index (κ3) is 5.26. The molecule has 182 valence electrons. The number of carbonyl (C=O) groups excluding carboxylic acids is 2. The number of rotatable bonds is 6. The van der Waals surface area contributed by atoms with Crippen molar-refractivity contribution in [1.29, 1.82) is 0 Å². The van der Waals surface area contributed by atoms with Gasteiger partial charge in [-0.1, -0.05) is 0 Å². The first kappa shape index (κ1) is 23.8. The zero-order valence-corrected chi connectivity index (χ0v) is 19.6. The van der Waals surface area contributed by atoms with Gasteiger partial charge >= 0.3 is 5.97 Å². The highest BCUT2D eigenvalue weighted by molar-refractivity contribution is 7.89. The lowest BCUT2D eigenvalue weighted by molar-refractivity contribution is -0.134. The van der Waals surface area contributed by atoms with Crippen LogP contribution in [0.15, 0.2) is 47.4 Å². The molecule has 1 fully saturated rings. The third-order valence-electron chi connectivity index (χ3n) is 5.59. The lowest BCUT2D eigenvalue weighted by Gasteiger charge is -2.34. The van der Waals surface area contributed by atoms with Gasteiger partial charge in [-0.15, -0.1) is 0 Å². The third-order valence-corrected chi connectivity index (χ3v) is 7.48. The highest BCUT2D eigenvalue weighted by Gasteiger charge is 2.31. The lowest BCUT2D eigenvalue weighted by atomic mass is 10.2. The van der Waals surface area contributed by atoms with Crippen LogP contribution in [0, 0.1) is 0 Å². The van der Waals surface area contributed by atoms with Crippen molar-refractivity contribution in [2.24, 2.45) is 0 Å². The number of ether oxygens (including phenoxy) is 4. The summed E-state index contributed by atoms with van der Waals surface area (Å²) in [5.74, 6) is 0.694. The molecule has 2 aromatic carbocycles. The maximum atomic E-state index is 13.1. The maximum absolute atomic E-state index is 13.1. The van der Waals surface area contributed by atoms with Crippen LogP contribution in [0.25, 0.3) is 0 Å². The number of fused-ring (bicyclic) bond motifs is 1. The van der Waals surface area contributed by atoms with Gasteiger partial charge in [-0.3, -0.25) is 4.79 Å². The smallest absolute Gasteiger partial charge is 0.337 e. The minimum Gasteiger partial charge on any atom is -0.490 e. The van der Waals surface area contributed by atoms with Gasteiger partial charge in [0.05, 0.1) is 30.8 Å². The fraction of sp³-hybridized carbons (Fsp3) is 0.391. The second kappa shape index (κ2) is 10.3. The van der Waals surface area contributed by atoms with Crippen molar-refractivity contribution in [2.75, 3.05) is 53.1 Å².